The molecular formula is C24H23N3O6. The summed E-state index contributed by atoms with van der Waals surface area (Å²) >= 11 is 0. The molecule has 0 N–H and O–H groups in total. The molecule has 0 fully saturated rings. The summed E-state index contributed by atoms with van der Waals surface area (Å²) in [4.78, 5) is 12.7. The Hall–Kier alpha value is -4.14. The zero-order chi connectivity index (χ0) is 23.4. The summed E-state index contributed by atoms with van der Waals surface area (Å²) in [6.07, 6.45) is -0.732. The van der Waals surface area contributed by atoms with Crippen LogP contribution in [0.4, 0.5) is 0 Å². The minimum atomic E-state index is -0.732. The summed E-state index contributed by atoms with van der Waals surface area (Å²) in [6, 6.07) is 14.2. The molecule has 0 saturated carbocycles. The lowest BCUT2D eigenvalue weighted by Crippen LogP contribution is -2.10. The highest BCUT2D eigenvalue weighted by atomic mass is 16.6. The van der Waals surface area contributed by atoms with Crippen LogP contribution in [0.5, 0.6) is 11.5 Å². The number of ether oxygens (including phenoxy) is 3. The molecule has 0 aliphatic rings. The molecule has 33 heavy (non-hydrogen) atoms. The van der Waals surface area contributed by atoms with Crippen molar-refractivity contribution in [1.82, 2.24) is 15.4 Å². The maximum Gasteiger partial charge on any atom is 0.339 e. The Morgan fingerprint density at radius 2 is 1.85 bits per heavy atom. The van der Waals surface area contributed by atoms with Gasteiger partial charge in [0.05, 0.1) is 23.9 Å². The molecule has 4 aromatic rings. The van der Waals surface area contributed by atoms with Crippen LogP contribution in [0.25, 0.3) is 11.5 Å². The number of nitrogens with zero attached hydrogens (tertiary/aromatic N) is 3. The molecule has 9 heteroatoms. The highest BCUT2D eigenvalue weighted by Crippen LogP contribution is 2.31. The van der Waals surface area contributed by atoms with Gasteiger partial charge in [0.2, 0.25) is 5.89 Å². The molecule has 9 nitrogen and oxygen atoms in total. The van der Waals surface area contributed by atoms with Crippen LogP contribution in [0.1, 0.15) is 46.3 Å². The number of hydrogen-bond acceptors (Lipinski definition) is 9. The van der Waals surface area contributed by atoms with Crippen LogP contribution in [0.2, 0.25) is 0 Å². The standard InChI is InChI=1S/C24H23N3O6/c1-14-19(15(2)33-27-14)13-30-20-11-10-18(12-21(20)29-4)24(28)31-16(3)22-25-26-23(32-22)17-8-6-5-7-9-17/h5-12,16H,13H2,1-4H3. The molecule has 0 aliphatic heterocycles. The van der Waals surface area contributed by atoms with Crippen molar-refractivity contribution in [1.29, 1.82) is 0 Å². The fourth-order valence-electron chi connectivity index (χ4n) is 3.15. The van der Waals surface area contributed by atoms with Crippen molar-refractivity contribution < 1.29 is 27.9 Å². The average Bonchev–Trinajstić information content (AvgIpc) is 3.45. The molecule has 2 heterocycles. The molecule has 0 radical (unpaired) electrons. The lowest BCUT2D eigenvalue weighted by Gasteiger charge is -2.13. The molecule has 0 saturated heterocycles. The van der Waals surface area contributed by atoms with E-state index in [1.165, 1.54) is 7.11 Å². The molecule has 1 unspecified atom stereocenters. The Balaban J connectivity index is 1.43. The predicted octanol–water partition coefficient (Wildman–Crippen LogP) is 4.85. The number of aryl methyl sites for hydroxylation is 2. The zero-order valence-electron chi connectivity index (χ0n) is 18.7. The molecule has 0 bridgehead atoms. The third-order valence-corrected chi connectivity index (χ3v) is 5.05. The molecule has 0 aliphatic carbocycles. The maximum atomic E-state index is 12.7. The summed E-state index contributed by atoms with van der Waals surface area (Å²) < 4.78 is 27.6. The van der Waals surface area contributed by atoms with E-state index in [9.17, 15) is 4.79 Å². The van der Waals surface area contributed by atoms with Crippen LogP contribution in [0.15, 0.2) is 57.5 Å². The van der Waals surface area contributed by atoms with Crippen LogP contribution in [-0.2, 0) is 11.3 Å². The molecule has 2 aromatic carbocycles. The SMILES string of the molecule is COc1cc(C(=O)OC(C)c2nnc(-c3ccccc3)o2)ccc1OCc1c(C)noc1C. The highest BCUT2D eigenvalue weighted by Gasteiger charge is 2.21. The van der Waals surface area contributed by atoms with Crippen molar-refractivity contribution >= 4 is 5.97 Å². The molecule has 1 atom stereocenters. The molecule has 2 aromatic heterocycles. The van der Waals surface area contributed by atoms with E-state index in [4.69, 9.17) is 23.2 Å². The highest BCUT2D eigenvalue weighted by molar-refractivity contribution is 5.90. The van der Waals surface area contributed by atoms with Crippen molar-refractivity contribution in [2.75, 3.05) is 7.11 Å². The first-order valence-electron chi connectivity index (χ1n) is 10.3. The van der Waals surface area contributed by atoms with E-state index in [1.54, 1.807) is 25.1 Å². The maximum absolute atomic E-state index is 12.7. The van der Waals surface area contributed by atoms with Crippen molar-refractivity contribution in [2.24, 2.45) is 0 Å². The summed E-state index contributed by atoms with van der Waals surface area (Å²) in [6.45, 7) is 5.60. The number of benzene rings is 2. The third kappa shape index (κ3) is 4.87. The number of carbonyl (C=O) groups excluding carboxylic acids is 1. The van der Waals surface area contributed by atoms with Gasteiger partial charge in [-0.05, 0) is 51.1 Å². The summed E-state index contributed by atoms with van der Waals surface area (Å²) in [7, 11) is 1.50. The zero-order valence-corrected chi connectivity index (χ0v) is 18.7. The van der Waals surface area contributed by atoms with Crippen molar-refractivity contribution in [2.45, 2.75) is 33.5 Å². The molecule has 0 spiro atoms. The van der Waals surface area contributed by atoms with Gasteiger partial charge < -0.3 is 23.2 Å². The van der Waals surface area contributed by atoms with E-state index < -0.39 is 12.1 Å². The quantitative estimate of drug-likeness (QED) is 0.349. The summed E-state index contributed by atoms with van der Waals surface area (Å²) in [5, 5.41) is 11.9. The average molecular weight is 449 g/mol. The van der Waals surface area contributed by atoms with E-state index in [2.05, 4.69) is 15.4 Å². The second-order valence-corrected chi connectivity index (χ2v) is 7.32. The largest absolute Gasteiger partial charge is 0.493 e. The van der Waals surface area contributed by atoms with Gasteiger partial charge in [0.15, 0.2) is 17.6 Å². The summed E-state index contributed by atoms with van der Waals surface area (Å²) in [5.74, 6) is 1.57. The van der Waals surface area contributed by atoms with E-state index in [0.717, 1.165) is 16.8 Å². The first-order valence-corrected chi connectivity index (χ1v) is 10.3. The fraction of sp³-hybridized carbons (Fsp3) is 0.250. The van der Waals surface area contributed by atoms with Gasteiger partial charge in [-0.2, -0.15) is 0 Å². The molecule has 0 amide bonds. The van der Waals surface area contributed by atoms with Crippen molar-refractivity contribution in [3.8, 4) is 23.0 Å². The van der Waals surface area contributed by atoms with Crippen LogP contribution >= 0.6 is 0 Å². The molecule has 4 rings (SSSR count). The fourth-order valence-corrected chi connectivity index (χ4v) is 3.15. The Bertz CT molecular complexity index is 1230. The van der Waals surface area contributed by atoms with Crippen LogP contribution < -0.4 is 9.47 Å². The van der Waals surface area contributed by atoms with E-state index in [0.29, 0.717) is 28.7 Å². The minimum Gasteiger partial charge on any atom is -0.493 e. The van der Waals surface area contributed by atoms with Gasteiger partial charge in [0.25, 0.3) is 5.89 Å². The Morgan fingerprint density at radius 3 is 2.55 bits per heavy atom. The third-order valence-electron chi connectivity index (χ3n) is 5.05. The van der Waals surface area contributed by atoms with Gasteiger partial charge in [0, 0.05) is 5.56 Å². The van der Waals surface area contributed by atoms with Gasteiger partial charge >= 0.3 is 5.97 Å². The van der Waals surface area contributed by atoms with E-state index in [1.807, 2.05) is 44.2 Å². The number of aromatic nitrogens is 3. The first kappa shape index (κ1) is 22.1. The minimum absolute atomic E-state index is 0.202. The van der Waals surface area contributed by atoms with Gasteiger partial charge in [0.1, 0.15) is 12.4 Å². The van der Waals surface area contributed by atoms with Gasteiger partial charge in [-0.25, -0.2) is 4.79 Å². The van der Waals surface area contributed by atoms with Crippen LogP contribution in [0, 0.1) is 13.8 Å². The monoisotopic (exact) mass is 449 g/mol. The predicted molar refractivity (Wildman–Crippen MR) is 117 cm³/mol. The number of carbonyl (C=O) groups is 1. The van der Waals surface area contributed by atoms with E-state index >= 15 is 0 Å². The number of esters is 1. The Morgan fingerprint density at radius 1 is 1.06 bits per heavy atom. The van der Waals surface area contributed by atoms with E-state index in [-0.39, 0.29) is 12.5 Å². The molecule has 170 valence electrons. The van der Waals surface area contributed by atoms with Crippen LogP contribution in [-0.4, -0.2) is 28.4 Å². The first-order chi connectivity index (χ1) is 16.0. The van der Waals surface area contributed by atoms with Crippen molar-refractivity contribution in [3.63, 3.8) is 0 Å². The van der Waals surface area contributed by atoms with Gasteiger partial charge in [-0.1, -0.05) is 23.4 Å². The Labute approximate surface area is 190 Å². The second kappa shape index (κ2) is 9.56. The lowest BCUT2D eigenvalue weighted by atomic mass is 10.2. The second-order valence-electron chi connectivity index (χ2n) is 7.32. The lowest BCUT2D eigenvalue weighted by molar-refractivity contribution is 0.0279. The van der Waals surface area contributed by atoms with Crippen molar-refractivity contribution in [3.05, 3.63) is 77.0 Å². The van der Waals surface area contributed by atoms with Gasteiger partial charge in [-0.15, -0.1) is 10.2 Å². The number of hydrogen-bond donors (Lipinski definition) is 0. The number of methoxy groups -OCH3 is 1. The number of rotatable bonds is 8. The van der Waals surface area contributed by atoms with Crippen LogP contribution in [0.3, 0.4) is 0 Å². The van der Waals surface area contributed by atoms with Gasteiger partial charge in [-0.3, -0.25) is 0 Å². The Kier molecular flexibility index (Phi) is 6.39. The topological polar surface area (TPSA) is 110 Å². The normalized spacial score (nSPS) is 11.8. The molecular weight excluding hydrogens is 426 g/mol. The smallest absolute Gasteiger partial charge is 0.339 e. The summed E-state index contributed by atoms with van der Waals surface area (Å²) in [5.41, 5.74) is 2.71.